The summed E-state index contributed by atoms with van der Waals surface area (Å²) in [7, 11) is 1.83. The lowest BCUT2D eigenvalue weighted by atomic mass is 10.0. The smallest absolute Gasteiger partial charge is 0.339 e. The third kappa shape index (κ3) is 6.06. The lowest BCUT2D eigenvalue weighted by molar-refractivity contribution is -0.137. The van der Waals surface area contributed by atoms with E-state index >= 15 is 0 Å². The van der Waals surface area contributed by atoms with Gasteiger partial charge in [0.15, 0.2) is 0 Å². The molecule has 3 amide bonds. The van der Waals surface area contributed by atoms with E-state index in [4.69, 9.17) is 0 Å². The first-order valence-electron chi connectivity index (χ1n) is 11.1. The van der Waals surface area contributed by atoms with Gasteiger partial charge in [0.1, 0.15) is 0 Å². The number of para-hydroxylation sites is 1. The van der Waals surface area contributed by atoms with Crippen LogP contribution in [0, 0.1) is 13.8 Å². The minimum atomic E-state index is -4.41. The predicted octanol–water partition coefficient (Wildman–Crippen LogP) is 5.51. The van der Waals surface area contributed by atoms with Crippen molar-refractivity contribution in [3.8, 4) is 0 Å². The van der Waals surface area contributed by atoms with Gasteiger partial charge in [0.2, 0.25) is 0 Å². The molecule has 0 aromatic heterocycles. The van der Waals surface area contributed by atoms with Gasteiger partial charge in [-0.25, -0.2) is 4.79 Å². The van der Waals surface area contributed by atoms with Crippen LogP contribution < -0.4 is 4.90 Å². The van der Waals surface area contributed by atoms with Gasteiger partial charge in [-0.05, 0) is 68.5 Å². The number of rotatable bonds is 2. The van der Waals surface area contributed by atoms with E-state index in [-0.39, 0.29) is 17.5 Å². The van der Waals surface area contributed by atoms with Crippen LogP contribution in [0.5, 0.6) is 0 Å². The standard InChI is InChI=1S/C14H16F3NO.C11H14N2O/c1-10-7-11(9-12(8-10)14(15,16)17)13(19)18-5-3-2-4-6-18;1-9-5-3-4-6-10(9)13-8-7-12(2)11(13)14/h7-9H,2-6H2,1H3;3-6H,7-8H2,1-2H3. The maximum atomic E-state index is 12.7. The van der Waals surface area contributed by atoms with Gasteiger partial charge in [0.25, 0.3) is 5.91 Å². The highest BCUT2D eigenvalue weighted by Gasteiger charge is 2.32. The van der Waals surface area contributed by atoms with Crippen molar-refractivity contribution in [2.75, 3.05) is 38.1 Å². The molecule has 0 aliphatic carbocycles. The van der Waals surface area contributed by atoms with Gasteiger partial charge in [-0.1, -0.05) is 18.2 Å². The molecule has 5 nitrogen and oxygen atoms in total. The molecule has 2 aromatic carbocycles. The molecular formula is C25H30F3N3O2. The van der Waals surface area contributed by atoms with Crippen LogP contribution in [-0.4, -0.2) is 55.0 Å². The number of aryl methyl sites for hydroxylation is 2. The summed E-state index contributed by atoms with van der Waals surface area (Å²) in [5.74, 6) is -0.297. The summed E-state index contributed by atoms with van der Waals surface area (Å²) in [6, 6.07) is 11.6. The minimum Gasteiger partial charge on any atom is -0.339 e. The lowest BCUT2D eigenvalue weighted by Gasteiger charge is -2.27. The van der Waals surface area contributed by atoms with Crippen molar-refractivity contribution in [2.45, 2.75) is 39.3 Å². The van der Waals surface area contributed by atoms with Crippen LogP contribution in [0.2, 0.25) is 0 Å². The minimum absolute atomic E-state index is 0.0966. The zero-order valence-electron chi connectivity index (χ0n) is 19.3. The molecule has 2 saturated heterocycles. The van der Waals surface area contributed by atoms with Crippen molar-refractivity contribution >= 4 is 17.6 Å². The van der Waals surface area contributed by atoms with E-state index in [9.17, 15) is 22.8 Å². The normalized spacial score (nSPS) is 16.5. The maximum Gasteiger partial charge on any atom is 0.416 e. The summed E-state index contributed by atoms with van der Waals surface area (Å²) >= 11 is 0. The number of hydrogen-bond acceptors (Lipinski definition) is 2. The third-order valence-electron chi connectivity index (χ3n) is 5.92. The van der Waals surface area contributed by atoms with E-state index in [0.717, 1.165) is 55.7 Å². The van der Waals surface area contributed by atoms with Gasteiger partial charge in [-0.3, -0.25) is 9.69 Å². The number of likely N-dealkylation sites (N-methyl/N-ethyl adjacent to an activating group) is 1. The number of nitrogens with zero attached hydrogens (tertiary/aromatic N) is 3. The molecule has 33 heavy (non-hydrogen) atoms. The van der Waals surface area contributed by atoms with E-state index in [2.05, 4.69) is 0 Å². The Kier molecular flexibility index (Phi) is 7.66. The number of amides is 3. The highest BCUT2D eigenvalue weighted by molar-refractivity contribution is 5.95. The Bertz CT molecular complexity index is 1000. The number of anilines is 1. The first-order chi connectivity index (χ1) is 15.6. The van der Waals surface area contributed by atoms with Crippen molar-refractivity contribution in [1.29, 1.82) is 0 Å². The van der Waals surface area contributed by atoms with Crippen LogP contribution >= 0.6 is 0 Å². The molecule has 0 saturated carbocycles. The Hall–Kier alpha value is -3.03. The first-order valence-corrected chi connectivity index (χ1v) is 11.1. The SMILES string of the molecule is Cc1cc(C(=O)N2CCCCC2)cc(C(F)(F)F)c1.Cc1ccccc1N1CCN(C)C1=O. The highest BCUT2D eigenvalue weighted by Crippen LogP contribution is 2.31. The molecule has 2 fully saturated rings. The second kappa shape index (κ2) is 10.3. The fourth-order valence-electron chi connectivity index (χ4n) is 4.09. The largest absolute Gasteiger partial charge is 0.416 e. The molecule has 2 heterocycles. The molecule has 0 radical (unpaired) electrons. The van der Waals surface area contributed by atoms with Crippen LogP contribution in [0.25, 0.3) is 0 Å². The number of likely N-dealkylation sites (tertiary alicyclic amines) is 1. The Labute approximate surface area is 192 Å². The fraction of sp³-hybridized carbons (Fsp3) is 0.440. The van der Waals surface area contributed by atoms with Gasteiger partial charge in [-0.2, -0.15) is 13.2 Å². The average molecular weight is 462 g/mol. The molecule has 178 valence electrons. The van der Waals surface area contributed by atoms with Crippen LogP contribution in [-0.2, 0) is 6.18 Å². The summed E-state index contributed by atoms with van der Waals surface area (Å²) in [5, 5.41) is 0. The Morgan fingerprint density at radius 1 is 0.909 bits per heavy atom. The molecule has 0 unspecified atom stereocenters. The highest BCUT2D eigenvalue weighted by atomic mass is 19.4. The zero-order valence-corrected chi connectivity index (χ0v) is 19.3. The Morgan fingerprint density at radius 2 is 1.58 bits per heavy atom. The van der Waals surface area contributed by atoms with Gasteiger partial charge in [0, 0.05) is 44.5 Å². The van der Waals surface area contributed by atoms with Crippen LogP contribution in [0.3, 0.4) is 0 Å². The summed E-state index contributed by atoms with van der Waals surface area (Å²) in [6.07, 6.45) is -1.50. The number of halogens is 3. The van der Waals surface area contributed by atoms with E-state index in [1.54, 1.807) is 16.7 Å². The molecule has 4 rings (SSSR count). The second-order valence-corrected chi connectivity index (χ2v) is 8.58. The molecule has 2 aliphatic heterocycles. The van der Waals surface area contributed by atoms with Crippen molar-refractivity contribution in [3.63, 3.8) is 0 Å². The molecule has 0 bridgehead atoms. The van der Waals surface area contributed by atoms with Crippen LogP contribution in [0.15, 0.2) is 42.5 Å². The summed E-state index contributed by atoms with van der Waals surface area (Å²) in [5.41, 5.74) is 2.01. The summed E-state index contributed by atoms with van der Waals surface area (Å²) in [4.78, 5) is 29.1. The van der Waals surface area contributed by atoms with Crippen molar-refractivity contribution in [3.05, 3.63) is 64.7 Å². The molecule has 0 spiro atoms. The van der Waals surface area contributed by atoms with Crippen molar-refractivity contribution in [2.24, 2.45) is 0 Å². The molecule has 2 aliphatic rings. The van der Waals surface area contributed by atoms with Gasteiger partial charge < -0.3 is 9.80 Å². The first kappa shape index (κ1) is 24.6. The topological polar surface area (TPSA) is 43.9 Å². The number of carbonyl (C=O) groups excluding carboxylic acids is 2. The van der Waals surface area contributed by atoms with Crippen LogP contribution in [0.4, 0.5) is 23.7 Å². The number of urea groups is 1. The number of piperidine rings is 1. The van der Waals surface area contributed by atoms with Gasteiger partial charge in [0.05, 0.1) is 5.56 Å². The molecule has 0 N–H and O–H groups in total. The van der Waals surface area contributed by atoms with Crippen molar-refractivity contribution < 1.29 is 22.8 Å². The predicted molar refractivity (Wildman–Crippen MR) is 122 cm³/mol. The third-order valence-corrected chi connectivity index (χ3v) is 5.92. The van der Waals surface area contributed by atoms with Crippen LogP contribution in [0.1, 0.15) is 46.3 Å². The summed E-state index contributed by atoms with van der Waals surface area (Å²) < 4.78 is 38.2. The van der Waals surface area contributed by atoms with E-state index < -0.39 is 11.7 Å². The van der Waals surface area contributed by atoms with E-state index in [1.165, 1.54) is 6.07 Å². The van der Waals surface area contributed by atoms with Gasteiger partial charge >= 0.3 is 12.2 Å². The second-order valence-electron chi connectivity index (χ2n) is 8.58. The number of alkyl halides is 3. The lowest BCUT2D eigenvalue weighted by Crippen LogP contribution is -2.35. The van der Waals surface area contributed by atoms with Crippen molar-refractivity contribution in [1.82, 2.24) is 9.80 Å². The van der Waals surface area contributed by atoms with Gasteiger partial charge in [-0.15, -0.1) is 0 Å². The maximum absolute atomic E-state index is 12.7. The van der Waals surface area contributed by atoms with E-state index in [0.29, 0.717) is 18.7 Å². The van der Waals surface area contributed by atoms with E-state index in [1.807, 2.05) is 43.1 Å². The molecule has 2 aromatic rings. The number of hydrogen-bond donors (Lipinski definition) is 0. The zero-order chi connectivity index (χ0) is 24.2. The Balaban J connectivity index is 0.000000194. The molecule has 0 atom stereocenters. The monoisotopic (exact) mass is 461 g/mol. The number of benzene rings is 2. The molecular weight excluding hydrogens is 431 g/mol. The fourth-order valence-corrected chi connectivity index (χ4v) is 4.09. The number of carbonyl (C=O) groups is 2. The molecule has 8 heteroatoms. The average Bonchev–Trinajstić information content (AvgIpc) is 3.12. The quantitative estimate of drug-likeness (QED) is 0.592. The summed E-state index contributed by atoms with van der Waals surface area (Å²) in [6.45, 7) is 6.47. The Morgan fingerprint density at radius 3 is 2.15 bits per heavy atom.